The van der Waals surface area contributed by atoms with Crippen LogP contribution < -0.4 is 10.6 Å². The lowest BCUT2D eigenvalue weighted by molar-refractivity contribution is -0.125. The van der Waals surface area contributed by atoms with Gasteiger partial charge in [-0.1, -0.05) is 29.8 Å². The first-order valence-corrected chi connectivity index (χ1v) is 6.75. The Morgan fingerprint density at radius 3 is 2.83 bits per heavy atom. The molecule has 0 saturated carbocycles. The van der Waals surface area contributed by atoms with E-state index in [1.807, 2.05) is 31.2 Å². The summed E-state index contributed by atoms with van der Waals surface area (Å²) in [6, 6.07) is 7.82. The van der Waals surface area contributed by atoms with Crippen molar-refractivity contribution in [1.82, 2.24) is 10.6 Å². The van der Waals surface area contributed by atoms with Gasteiger partial charge in [-0.05, 0) is 38.4 Å². The van der Waals surface area contributed by atoms with Crippen LogP contribution in [0.25, 0.3) is 0 Å². The van der Waals surface area contributed by atoms with Crippen molar-refractivity contribution < 1.29 is 4.79 Å². The molecule has 4 heteroatoms. The molecule has 1 amide bonds. The first-order valence-electron chi connectivity index (χ1n) is 6.37. The predicted molar refractivity (Wildman–Crippen MR) is 73.6 cm³/mol. The average Bonchev–Trinajstić information content (AvgIpc) is 2.76. The van der Waals surface area contributed by atoms with Gasteiger partial charge in [0.1, 0.15) is 0 Å². The maximum Gasteiger partial charge on any atom is 0.225 e. The molecule has 0 spiro atoms. The van der Waals surface area contributed by atoms with E-state index in [0.29, 0.717) is 5.02 Å². The van der Waals surface area contributed by atoms with Crippen LogP contribution in [0.3, 0.4) is 0 Å². The van der Waals surface area contributed by atoms with Gasteiger partial charge in [-0.25, -0.2) is 0 Å². The lowest BCUT2D eigenvalue weighted by atomic mass is 10.00. The largest absolute Gasteiger partial charge is 0.349 e. The molecule has 98 valence electrons. The van der Waals surface area contributed by atoms with E-state index >= 15 is 0 Å². The molecule has 3 atom stereocenters. The summed E-state index contributed by atoms with van der Waals surface area (Å²) in [5.74, 6) is 0.176. The fraction of sp³-hybridized carbons (Fsp3) is 0.500. The second-order valence-corrected chi connectivity index (χ2v) is 5.30. The predicted octanol–water partition coefficient (Wildman–Crippen LogP) is 2.52. The number of carbonyl (C=O) groups excluding carboxylic acids is 1. The Hall–Kier alpha value is -1.06. The molecule has 0 bridgehead atoms. The van der Waals surface area contributed by atoms with Gasteiger partial charge in [0.25, 0.3) is 0 Å². The quantitative estimate of drug-likeness (QED) is 0.883. The van der Waals surface area contributed by atoms with Crippen LogP contribution >= 0.6 is 11.6 Å². The van der Waals surface area contributed by atoms with Gasteiger partial charge in [0.15, 0.2) is 0 Å². The minimum Gasteiger partial charge on any atom is -0.349 e. The van der Waals surface area contributed by atoms with Crippen LogP contribution in [0.4, 0.5) is 0 Å². The third kappa shape index (κ3) is 2.85. The number of rotatable bonds is 3. The van der Waals surface area contributed by atoms with Gasteiger partial charge in [-0.3, -0.25) is 4.79 Å². The van der Waals surface area contributed by atoms with Crippen LogP contribution in [0.5, 0.6) is 0 Å². The molecule has 1 saturated heterocycles. The van der Waals surface area contributed by atoms with E-state index in [9.17, 15) is 4.79 Å². The Labute approximate surface area is 113 Å². The van der Waals surface area contributed by atoms with Gasteiger partial charge in [0, 0.05) is 11.1 Å². The summed E-state index contributed by atoms with van der Waals surface area (Å²) in [4.78, 5) is 12.2. The number of nitrogens with one attached hydrogen (secondary N) is 2. The lowest BCUT2D eigenvalue weighted by Gasteiger charge is -2.20. The Morgan fingerprint density at radius 2 is 2.22 bits per heavy atom. The van der Waals surface area contributed by atoms with Crippen molar-refractivity contribution in [2.45, 2.75) is 32.4 Å². The van der Waals surface area contributed by atoms with Gasteiger partial charge in [-0.15, -0.1) is 0 Å². The third-order valence-corrected chi connectivity index (χ3v) is 3.94. The minimum absolute atomic E-state index is 0.0565. The summed E-state index contributed by atoms with van der Waals surface area (Å²) < 4.78 is 0. The molecule has 1 aromatic rings. The lowest BCUT2D eigenvalue weighted by Crippen LogP contribution is -2.37. The zero-order chi connectivity index (χ0) is 13.1. The van der Waals surface area contributed by atoms with Crippen LogP contribution in [0.2, 0.25) is 5.02 Å². The summed E-state index contributed by atoms with van der Waals surface area (Å²) in [5.41, 5.74) is 0.964. The molecule has 1 aromatic carbocycles. The zero-order valence-electron chi connectivity index (χ0n) is 10.7. The topological polar surface area (TPSA) is 41.1 Å². The Bertz CT molecular complexity index is 436. The zero-order valence-corrected chi connectivity index (χ0v) is 11.5. The number of hydrogen-bond acceptors (Lipinski definition) is 2. The maximum atomic E-state index is 12.2. The Balaban J connectivity index is 2.01. The molecule has 0 radical (unpaired) electrons. The summed E-state index contributed by atoms with van der Waals surface area (Å²) in [6.45, 7) is 4.93. The van der Waals surface area contributed by atoms with Gasteiger partial charge in [0.2, 0.25) is 5.91 Å². The third-order valence-electron chi connectivity index (χ3n) is 3.59. The van der Waals surface area contributed by atoms with Crippen molar-refractivity contribution in [2.24, 2.45) is 5.92 Å². The molecule has 3 unspecified atom stereocenters. The summed E-state index contributed by atoms with van der Waals surface area (Å²) >= 11 is 6.13. The second kappa shape index (κ2) is 5.72. The van der Waals surface area contributed by atoms with Crippen LogP contribution in [-0.2, 0) is 4.79 Å². The summed E-state index contributed by atoms with van der Waals surface area (Å²) in [7, 11) is 0. The molecule has 1 heterocycles. The second-order valence-electron chi connectivity index (χ2n) is 4.89. The molecule has 1 aliphatic heterocycles. The van der Waals surface area contributed by atoms with Crippen LogP contribution in [0.1, 0.15) is 31.9 Å². The van der Waals surface area contributed by atoms with Crippen LogP contribution in [-0.4, -0.2) is 18.5 Å². The summed E-state index contributed by atoms with van der Waals surface area (Å²) in [5, 5.41) is 7.03. The maximum absolute atomic E-state index is 12.2. The Morgan fingerprint density at radius 1 is 1.50 bits per heavy atom. The number of halogens is 1. The first kappa shape index (κ1) is 13.4. The molecule has 1 fully saturated rings. The van der Waals surface area contributed by atoms with Gasteiger partial charge in [-0.2, -0.15) is 0 Å². The molecule has 18 heavy (non-hydrogen) atoms. The highest BCUT2D eigenvalue weighted by molar-refractivity contribution is 6.31. The highest BCUT2D eigenvalue weighted by Gasteiger charge is 2.30. The van der Waals surface area contributed by atoms with Crippen molar-refractivity contribution in [3.63, 3.8) is 0 Å². The fourth-order valence-corrected chi connectivity index (χ4v) is 2.74. The van der Waals surface area contributed by atoms with E-state index < -0.39 is 0 Å². The van der Waals surface area contributed by atoms with E-state index in [-0.39, 0.29) is 23.9 Å². The standard InChI is InChI=1S/C14H19ClN2O/c1-9-12(7-8-16-9)14(18)17-10(2)11-5-3-4-6-13(11)15/h3-6,9-10,12,16H,7-8H2,1-2H3,(H,17,18). The molecule has 3 nitrogen and oxygen atoms in total. The molecule has 0 aromatic heterocycles. The molecular weight excluding hydrogens is 248 g/mol. The van der Waals surface area contributed by atoms with Crippen LogP contribution in [0, 0.1) is 5.92 Å². The monoisotopic (exact) mass is 266 g/mol. The highest BCUT2D eigenvalue weighted by atomic mass is 35.5. The van der Waals surface area contributed by atoms with Crippen LogP contribution in [0.15, 0.2) is 24.3 Å². The SMILES string of the molecule is CC(NC(=O)C1CCNC1C)c1ccccc1Cl. The molecule has 2 rings (SSSR count). The first-order chi connectivity index (χ1) is 8.59. The van der Waals surface area contributed by atoms with E-state index in [1.54, 1.807) is 0 Å². The average molecular weight is 267 g/mol. The van der Waals surface area contributed by atoms with E-state index in [1.165, 1.54) is 0 Å². The normalized spacial score (nSPS) is 24.8. The fourth-order valence-electron chi connectivity index (χ4n) is 2.44. The van der Waals surface area contributed by atoms with Gasteiger partial charge < -0.3 is 10.6 Å². The van der Waals surface area contributed by atoms with Gasteiger partial charge in [0.05, 0.1) is 12.0 Å². The van der Waals surface area contributed by atoms with Gasteiger partial charge >= 0.3 is 0 Å². The van der Waals surface area contributed by atoms with E-state index in [4.69, 9.17) is 11.6 Å². The van der Waals surface area contributed by atoms with Crippen molar-refractivity contribution in [2.75, 3.05) is 6.54 Å². The number of carbonyl (C=O) groups is 1. The van der Waals surface area contributed by atoms with E-state index in [0.717, 1.165) is 18.5 Å². The highest BCUT2D eigenvalue weighted by Crippen LogP contribution is 2.23. The number of amides is 1. The van der Waals surface area contributed by atoms with Crippen molar-refractivity contribution >= 4 is 17.5 Å². The van der Waals surface area contributed by atoms with Crippen molar-refractivity contribution in [1.29, 1.82) is 0 Å². The van der Waals surface area contributed by atoms with Crippen molar-refractivity contribution in [3.8, 4) is 0 Å². The Kier molecular flexibility index (Phi) is 4.25. The number of hydrogen-bond donors (Lipinski definition) is 2. The molecule has 0 aliphatic carbocycles. The number of benzene rings is 1. The smallest absolute Gasteiger partial charge is 0.225 e. The molecule has 2 N–H and O–H groups in total. The minimum atomic E-state index is -0.0565. The van der Waals surface area contributed by atoms with Crippen molar-refractivity contribution in [3.05, 3.63) is 34.9 Å². The van der Waals surface area contributed by atoms with E-state index in [2.05, 4.69) is 17.6 Å². The summed E-state index contributed by atoms with van der Waals surface area (Å²) in [6.07, 6.45) is 0.905. The molecular formula is C14H19ClN2O. The molecule has 1 aliphatic rings.